The third-order valence-electron chi connectivity index (χ3n) is 5.63. The van der Waals surface area contributed by atoms with E-state index in [-0.39, 0.29) is 5.97 Å². The molecular weight excluding hydrogens is 252 g/mol. The van der Waals surface area contributed by atoms with E-state index in [1.807, 2.05) is 0 Å². The average molecular weight is 280 g/mol. The van der Waals surface area contributed by atoms with Crippen LogP contribution in [0.25, 0.3) is 0 Å². The Morgan fingerprint density at radius 1 is 1.30 bits per heavy atom. The SMILES string of the molecule is COC(=O)CCC[C@H]1NC[C@H]2CCCN3CCC[C@H]1[C@H]23. The molecule has 4 heteroatoms. The van der Waals surface area contributed by atoms with Gasteiger partial charge in [0.2, 0.25) is 0 Å². The fraction of sp³-hybridized carbons (Fsp3) is 0.938. The highest BCUT2D eigenvalue weighted by molar-refractivity contribution is 5.68. The molecule has 0 unspecified atom stereocenters. The van der Waals surface area contributed by atoms with Crippen LogP contribution in [0, 0.1) is 11.8 Å². The largest absolute Gasteiger partial charge is 0.469 e. The summed E-state index contributed by atoms with van der Waals surface area (Å²) in [4.78, 5) is 14.0. The number of esters is 1. The molecule has 0 radical (unpaired) electrons. The van der Waals surface area contributed by atoms with Crippen LogP contribution >= 0.6 is 0 Å². The summed E-state index contributed by atoms with van der Waals surface area (Å²) in [5, 5.41) is 3.79. The first kappa shape index (κ1) is 14.3. The number of hydrogen-bond acceptors (Lipinski definition) is 4. The Kier molecular flexibility index (Phi) is 4.61. The Morgan fingerprint density at radius 3 is 2.90 bits per heavy atom. The van der Waals surface area contributed by atoms with Gasteiger partial charge in [-0.15, -0.1) is 0 Å². The highest BCUT2D eigenvalue weighted by Gasteiger charge is 2.45. The van der Waals surface area contributed by atoms with E-state index in [9.17, 15) is 4.79 Å². The van der Waals surface area contributed by atoms with Crippen molar-refractivity contribution >= 4 is 5.97 Å². The van der Waals surface area contributed by atoms with E-state index in [0.717, 1.165) is 30.7 Å². The Labute approximate surface area is 122 Å². The number of carbonyl (C=O) groups excluding carboxylic acids is 1. The van der Waals surface area contributed by atoms with Gasteiger partial charge in [0.15, 0.2) is 0 Å². The minimum atomic E-state index is -0.0679. The number of nitrogens with zero attached hydrogens (tertiary/aromatic N) is 1. The zero-order valence-electron chi connectivity index (χ0n) is 12.6. The highest BCUT2D eigenvalue weighted by Crippen LogP contribution is 2.39. The third-order valence-corrected chi connectivity index (χ3v) is 5.63. The number of hydrogen-bond donors (Lipinski definition) is 1. The van der Waals surface area contributed by atoms with E-state index in [0.29, 0.717) is 12.5 Å². The van der Waals surface area contributed by atoms with E-state index in [2.05, 4.69) is 10.2 Å². The van der Waals surface area contributed by atoms with E-state index >= 15 is 0 Å². The standard InChI is InChI=1S/C16H28N2O2/c1-20-15(19)8-2-7-14-13-6-4-10-18-9-3-5-12(11-17-14)16(13)18/h12-14,16-17H,2-11H2,1H3/t12-,13-,14-,16+/m1/s1. The molecule has 0 aliphatic carbocycles. The highest BCUT2D eigenvalue weighted by atomic mass is 16.5. The van der Waals surface area contributed by atoms with Crippen LogP contribution in [-0.4, -0.2) is 49.7 Å². The predicted molar refractivity (Wildman–Crippen MR) is 78.5 cm³/mol. The Morgan fingerprint density at radius 2 is 2.10 bits per heavy atom. The summed E-state index contributed by atoms with van der Waals surface area (Å²) in [6, 6.07) is 1.43. The lowest BCUT2D eigenvalue weighted by Gasteiger charge is -2.54. The summed E-state index contributed by atoms with van der Waals surface area (Å²) in [5.74, 6) is 1.60. The Bertz CT molecular complexity index is 339. The zero-order valence-corrected chi connectivity index (χ0v) is 12.6. The lowest BCUT2D eigenvalue weighted by Crippen LogP contribution is -2.63. The fourth-order valence-corrected chi connectivity index (χ4v) is 4.76. The molecule has 3 heterocycles. The van der Waals surface area contributed by atoms with Gasteiger partial charge in [0.1, 0.15) is 0 Å². The molecule has 0 amide bonds. The lowest BCUT2D eigenvalue weighted by atomic mass is 9.70. The molecule has 0 bridgehead atoms. The van der Waals surface area contributed by atoms with E-state index in [1.54, 1.807) is 0 Å². The minimum absolute atomic E-state index is 0.0679. The zero-order chi connectivity index (χ0) is 13.9. The molecule has 3 saturated heterocycles. The molecule has 0 spiro atoms. The lowest BCUT2D eigenvalue weighted by molar-refractivity contribution is -0.140. The van der Waals surface area contributed by atoms with Gasteiger partial charge in [0, 0.05) is 18.5 Å². The van der Waals surface area contributed by atoms with E-state index in [4.69, 9.17) is 4.74 Å². The van der Waals surface area contributed by atoms with Crippen molar-refractivity contribution < 1.29 is 9.53 Å². The van der Waals surface area contributed by atoms with Crippen molar-refractivity contribution in [3.8, 4) is 0 Å². The smallest absolute Gasteiger partial charge is 0.305 e. The molecule has 4 nitrogen and oxygen atoms in total. The Balaban J connectivity index is 1.58. The van der Waals surface area contributed by atoms with Crippen LogP contribution in [0.5, 0.6) is 0 Å². The topological polar surface area (TPSA) is 41.6 Å². The summed E-state index contributed by atoms with van der Waals surface area (Å²) in [5.41, 5.74) is 0. The molecular formula is C16H28N2O2. The molecule has 3 aliphatic heterocycles. The van der Waals surface area contributed by atoms with Crippen molar-refractivity contribution in [3.63, 3.8) is 0 Å². The number of ether oxygens (including phenoxy) is 1. The van der Waals surface area contributed by atoms with E-state index in [1.165, 1.54) is 52.4 Å². The molecule has 0 saturated carbocycles. The number of carbonyl (C=O) groups is 1. The van der Waals surface area contributed by atoms with Gasteiger partial charge >= 0.3 is 5.97 Å². The molecule has 0 aromatic heterocycles. The molecule has 3 rings (SSSR count). The van der Waals surface area contributed by atoms with Gasteiger partial charge < -0.3 is 10.1 Å². The van der Waals surface area contributed by atoms with Gasteiger partial charge in [-0.25, -0.2) is 0 Å². The monoisotopic (exact) mass is 280 g/mol. The first-order chi connectivity index (χ1) is 9.79. The Hall–Kier alpha value is -0.610. The average Bonchev–Trinajstić information content (AvgIpc) is 2.50. The van der Waals surface area contributed by atoms with Gasteiger partial charge in [0.25, 0.3) is 0 Å². The maximum Gasteiger partial charge on any atom is 0.305 e. The number of piperidine rings is 3. The van der Waals surface area contributed by atoms with Crippen LogP contribution in [0.4, 0.5) is 0 Å². The van der Waals surface area contributed by atoms with Gasteiger partial charge in [0.05, 0.1) is 7.11 Å². The van der Waals surface area contributed by atoms with Gasteiger partial charge in [-0.05, 0) is 70.0 Å². The van der Waals surface area contributed by atoms with Crippen LogP contribution in [0.3, 0.4) is 0 Å². The van der Waals surface area contributed by atoms with Crippen LogP contribution < -0.4 is 5.32 Å². The molecule has 114 valence electrons. The second-order valence-electron chi connectivity index (χ2n) is 6.72. The molecule has 1 N–H and O–H groups in total. The maximum atomic E-state index is 11.2. The van der Waals surface area contributed by atoms with Gasteiger partial charge in [-0.1, -0.05) is 0 Å². The fourth-order valence-electron chi connectivity index (χ4n) is 4.76. The molecule has 4 atom stereocenters. The molecule has 20 heavy (non-hydrogen) atoms. The quantitative estimate of drug-likeness (QED) is 0.797. The van der Waals surface area contributed by atoms with Crippen LogP contribution in [-0.2, 0) is 9.53 Å². The molecule has 3 aliphatic rings. The number of methoxy groups -OCH3 is 1. The van der Waals surface area contributed by atoms with Gasteiger partial charge in [-0.3, -0.25) is 9.69 Å². The number of rotatable bonds is 4. The summed E-state index contributed by atoms with van der Waals surface area (Å²) >= 11 is 0. The second kappa shape index (κ2) is 6.44. The van der Waals surface area contributed by atoms with Gasteiger partial charge in [-0.2, -0.15) is 0 Å². The minimum Gasteiger partial charge on any atom is -0.469 e. The molecule has 3 fully saturated rings. The van der Waals surface area contributed by atoms with Crippen molar-refractivity contribution in [3.05, 3.63) is 0 Å². The second-order valence-corrected chi connectivity index (χ2v) is 6.72. The van der Waals surface area contributed by atoms with Crippen LogP contribution in [0.2, 0.25) is 0 Å². The van der Waals surface area contributed by atoms with Crippen molar-refractivity contribution in [1.82, 2.24) is 10.2 Å². The summed E-state index contributed by atoms with van der Waals surface area (Å²) in [6.07, 6.45) is 8.15. The van der Waals surface area contributed by atoms with Crippen molar-refractivity contribution in [2.24, 2.45) is 11.8 Å². The molecule has 0 aromatic rings. The molecule has 0 aromatic carbocycles. The predicted octanol–water partition coefficient (Wildman–Crippen LogP) is 1.79. The van der Waals surface area contributed by atoms with Crippen molar-refractivity contribution in [2.45, 2.75) is 57.0 Å². The summed E-state index contributed by atoms with van der Waals surface area (Å²) < 4.78 is 4.74. The maximum absolute atomic E-state index is 11.2. The summed E-state index contributed by atoms with van der Waals surface area (Å²) in [6.45, 7) is 3.81. The summed E-state index contributed by atoms with van der Waals surface area (Å²) in [7, 11) is 1.48. The third kappa shape index (κ3) is 2.86. The van der Waals surface area contributed by atoms with Crippen molar-refractivity contribution in [1.29, 1.82) is 0 Å². The first-order valence-corrected chi connectivity index (χ1v) is 8.34. The number of nitrogens with one attached hydrogen (secondary N) is 1. The van der Waals surface area contributed by atoms with Crippen LogP contribution in [0.1, 0.15) is 44.9 Å². The van der Waals surface area contributed by atoms with E-state index < -0.39 is 0 Å². The normalized spacial score (nSPS) is 37.2. The first-order valence-electron chi connectivity index (χ1n) is 8.34. The van der Waals surface area contributed by atoms with Crippen LogP contribution in [0.15, 0.2) is 0 Å². The van der Waals surface area contributed by atoms with Crippen molar-refractivity contribution in [2.75, 3.05) is 26.7 Å².